The van der Waals surface area contributed by atoms with Crippen LogP contribution in [-0.4, -0.2) is 74.5 Å². The Balaban J connectivity index is 1.34. The van der Waals surface area contributed by atoms with Crippen molar-refractivity contribution in [3.8, 4) is 0 Å². The monoisotopic (exact) mass is 722 g/mol. The molecule has 12 nitrogen and oxygen atoms in total. The van der Waals surface area contributed by atoms with Crippen molar-refractivity contribution in [2.45, 2.75) is 26.1 Å². The number of amides is 3. The quantitative estimate of drug-likeness (QED) is 0.284. The van der Waals surface area contributed by atoms with Crippen LogP contribution in [0.4, 0.5) is 24.5 Å². The average Bonchev–Trinajstić information content (AvgIpc) is 3.43. The summed E-state index contributed by atoms with van der Waals surface area (Å²) in [5, 5.41) is 9.02. The molecule has 0 aliphatic carbocycles. The molecule has 1 fully saturated rings. The zero-order valence-electron chi connectivity index (χ0n) is 24.3. The summed E-state index contributed by atoms with van der Waals surface area (Å²) in [7, 11) is 0. The van der Waals surface area contributed by atoms with E-state index in [0.29, 0.717) is 17.7 Å². The number of piperazine rings is 1. The minimum atomic E-state index is -4.60. The van der Waals surface area contributed by atoms with Crippen LogP contribution in [0.1, 0.15) is 28.5 Å². The van der Waals surface area contributed by atoms with Crippen molar-refractivity contribution in [1.82, 2.24) is 29.4 Å². The first kappa shape index (κ1) is 32.9. The molecule has 0 spiro atoms. The van der Waals surface area contributed by atoms with Crippen LogP contribution < -0.4 is 21.1 Å². The van der Waals surface area contributed by atoms with Crippen molar-refractivity contribution < 1.29 is 27.6 Å². The molecule has 1 saturated heterocycles. The smallest absolute Gasteiger partial charge is 0.362 e. The zero-order valence-corrected chi connectivity index (χ0v) is 26.6. The summed E-state index contributed by atoms with van der Waals surface area (Å²) in [4.78, 5) is 59.7. The number of carbonyl (C=O) groups excluding carboxylic acids is 3. The SMILES string of the molecule is CCc1c(N2CCN(C(=O)CNC(=O)c3ccccc3)CC2)c(=O)n2nc(Br)nc2n1CC(=O)Nc1ccc(C(F)(F)F)cc1Cl. The Morgan fingerprint density at radius 3 is 2.37 bits per heavy atom. The maximum Gasteiger partial charge on any atom is 0.416 e. The van der Waals surface area contributed by atoms with Crippen molar-refractivity contribution in [3.05, 3.63) is 85.5 Å². The molecule has 1 aliphatic rings. The van der Waals surface area contributed by atoms with Gasteiger partial charge in [0.1, 0.15) is 12.2 Å². The van der Waals surface area contributed by atoms with Crippen LogP contribution in [0.15, 0.2) is 58.1 Å². The number of aromatic nitrogens is 4. The molecule has 1 aliphatic heterocycles. The van der Waals surface area contributed by atoms with E-state index in [2.05, 4.69) is 36.6 Å². The van der Waals surface area contributed by atoms with Gasteiger partial charge in [-0.3, -0.25) is 19.2 Å². The molecule has 17 heteroatoms. The number of rotatable bonds is 8. The Labute approximate surface area is 273 Å². The molecule has 242 valence electrons. The summed E-state index contributed by atoms with van der Waals surface area (Å²) in [6.07, 6.45) is -4.29. The van der Waals surface area contributed by atoms with Gasteiger partial charge in [-0.25, -0.2) is 0 Å². The molecule has 0 atom stereocenters. The fourth-order valence-electron chi connectivity index (χ4n) is 5.17. The second kappa shape index (κ2) is 13.5. The largest absolute Gasteiger partial charge is 0.416 e. The number of nitrogens with one attached hydrogen (secondary N) is 2. The molecule has 4 aromatic rings. The highest BCUT2D eigenvalue weighted by atomic mass is 79.9. The fourth-order valence-corrected chi connectivity index (χ4v) is 5.71. The first-order valence-electron chi connectivity index (χ1n) is 14.1. The predicted octanol–water partition coefficient (Wildman–Crippen LogP) is 3.61. The maximum absolute atomic E-state index is 13.7. The molecule has 0 bridgehead atoms. The van der Waals surface area contributed by atoms with Crippen LogP contribution in [0.25, 0.3) is 5.78 Å². The van der Waals surface area contributed by atoms with Crippen molar-refractivity contribution in [3.63, 3.8) is 0 Å². The number of benzene rings is 2. The normalized spacial score (nSPS) is 13.6. The molecule has 2 aromatic carbocycles. The first-order chi connectivity index (χ1) is 21.9. The van der Waals surface area contributed by atoms with Crippen molar-refractivity contribution in [2.24, 2.45) is 0 Å². The van der Waals surface area contributed by atoms with Crippen LogP contribution in [-0.2, 0) is 28.7 Å². The second-order valence-corrected chi connectivity index (χ2v) is 11.4. The molecule has 0 radical (unpaired) electrons. The number of anilines is 2. The molecule has 0 saturated carbocycles. The molecule has 2 aromatic heterocycles. The minimum absolute atomic E-state index is 0.0154. The van der Waals surface area contributed by atoms with E-state index in [-0.39, 0.29) is 78.0 Å². The van der Waals surface area contributed by atoms with Gasteiger partial charge in [0.25, 0.3) is 11.5 Å². The maximum atomic E-state index is 13.7. The van der Waals surface area contributed by atoms with Crippen LogP contribution in [0.5, 0.6) is 0 Å². The summed E-state index contributed by atoms with van der Waals surface area (Å²) in [5.74, 6) is -1.18. The lowest BCUT2D eigenvalue weighted by Crippen LogP contribution is -2.52. The van der Waals surface area contributed by atoms with E-state index in [0.717, 1.165) is 22.7 Å². The summed E-state index contributed by atoms with van der Waals surface area (Å²) in [5.41, 5.74) is -0.253. The third-order valence-electron chi connectivity index (χ3n) is 7.39. The van der Waals surface area contributed by atoms with Gasteiger partial charge in [0.15, 0.2) is 0 Å². The highest BCUT2D eigenvalue weighted by Crippen LogP contribution is 2.34. The van der Waals surface area contributed by atoms with Crippen molar-refractivity contribution in [2.75, 3.05) is 42.9 Å². The molecular weight excluding hydrogens is 697 g/mol. The molecule has 5 rings (SSSR count). The fraction of sp³-hybridized carbons (Fsp3) is 0.310. The molecule has 3 heterocycles. The molecule has 46 heavy (non-hydrogen) atoms. The van der Waals surface area contributed by atoms with Gasteiger partial charge in [-0.1, -0.05) is 36.7 Å². The van der Waals surface area contributed by atoms with Gasteiger partial charge in [-0.2, -0.15) is 22.7 Å². The predicted molar refractivity (Wildman–Crippen MR) is 167 cm³/mol. The number of hydrogen-bond donors (Lipinski definition) is 2. The molecule has 0 unspecified atom stereocenters. The highest BCUT2D eigenvalue weighted by molar-refractivity contribution is 9.10. The summed E-state index contributed by atoms with van der Waals surface area (Å²) < 4.78 is 41.9. The Hall–Kier alpha value is -4.44. The van der Waals surface area contributed by atoms with Gasteiger partial charge in [0, 0.05) is 31.7 Å². The Bertz CT molecular complexity index is 1860. The zero-order chi connectivity index (χ0) is 33.2. The van der Waals surface area contributed by atoms with E-state index in [1.54, 1.807) is 42.2 Å². The van der Waals surface area contributed by atoms with Gasteiger partial charge in [-0.05, 0) is 52.7 Å². The van der Waals surface area contributed by atoms with Gasteiger partial charge in [0.05, 0.1) is 28.5 Å². The topological polar surface area (TPSA) is 134 Å². The lowest BCUT2D eigenvalue weighted by atomic mass is 10.2. The summed E-state index contributed by atoms with van der Waals surface area (Å²) >= 11 is 9.22. The van der Waals surface area contributed by atoms with E-state index in [9.17, 15) is 32.3 Å². The highest BCUT2D eigenvalue weighted by Gasteiger charge is 2.31. The lowest BCUT2D eigenvalue weighted by Gasteiger charge is -2.36. The standard InChI is InChI=1S/C29H27BrClF3N8O4/c1-2-21-24(40-12-10-39(11-13-40)23(44)15-35-25(45)17-6-4-3-5-7-17)26(46)42-28(37-27(30)38-42)41(21)16-22(43)36-20-9-8-18(14-19(20)31)29(32,33)34/h3-9,14H,2,10-13,15-16H2,1H3,(H,35,45)(H,36,43). The second-order valence-electron chi connectivity index (χ2n) is 10.3. The Morgan fingerprint density at radius 1 is 1.04 bits per heavy atom. The van der Waals surface area contributed by atoms with E-state index < -0.39 is 23.2 Å². The summed E-state index contributed by atoms with van der Waals surface area (Å²) in [6.45, 7) is 2.38. The van der Waals surface area contributed by atoms with E-state index in [1.165, 1.54) is 4.57 Å². The van der Waals surface area contributed by atoms with Gasteiger partial charge >= 0.3 is 6.18 Å². The molecule has 3 amide bonds. The van der Waals surface area contributed by atoms with E-state index in [1.807, 2.05) is 4.90 Å². The van der Waals surface area contributed by atoms with Gasteiger partial charge in [0.2, 0.25) is 22.3 Å². The third-order valence-corrected chi connectivity index (χ3v) is 8.04. The number of fused-ring (bicyclic) bond motifs is 1. The lowest BCUT2D eigenvalue weighted by molar-refractivity contribution is -0.137. The van der Waals surface area contributed by atoms with Gasteiger partial charge < -0.3 is 25.0 Å². The molecular formula is C29H27BrClF3N8O4. The first-order valence-corrected chi connectivity index (χ1v) is 15.2. The number of nitrogens with zero attached hydrogens (tertiary/aromatic N) is 6. The number of alkyl halides is 3. The minimum Gasteiger partial charge on any atom is -0.362 e. The average molecular weight is 724 g/mol. The third kappa shape index (κ3) is 7.02. The Morgan fingerprint density at radius 2 is 1.74 bits per heavy atom. The van der Waals surface area contributed by atoms with Crippen LogP contribution >= 0.6 is 27.5 Å². The Kier molecular flexibility index (Phi) is 9.67. The van der Waals surface area contributed by atoms with E-state index in [4.69, 9.17) is 11.6 Å². The molecule has 2 N–H and O–H groups in total. The van der Waals surface area contributed by atoms with Crippen LogP contribution in [0.3, 0.4) is 0 Å². The van der Waals surface area contributed by atoms with Gasteiger partial charge in [-0.15, -0.1) is 5.10 Å². The van der Waals surface area contributed by atoms with Crippen molar-refractivity contribution >= 4 is 62.4 Å². The van der Waals surface area contributed by atoms with E-state index >= 15 is 0 Å². The van der Waals surface area contributed by atoms with Crippen LogP contribution in [0, 0.1) is 0 Å². The summed E-state index contributed by atoms with van der Waals surface area (Å²) in [6, 6.07) is 11.1. The number of halogens is 5. The number of hydrogen-bond acceptors (Lipinski definition) is 7. The number of carbonyl (C=O) groups is 3. The van der Waals surface area contributed by atoms with Crippen LogP contribution in [0.2, 0.25) is 5.02 Å². The van der Waals surface area contributed by atoms with Crippen molar-refractivity contribution in [1.29, 1.82) is 0 Å².